The first-order chi connectivity index (χ1) is 18.8. The van der Waals surface area contributed by atoms with Crippen molar-refractivity contribution in [2.45, 2.75) is 106 Å². The van der Waals surface area contributed by atoms with Crippen molar-refractivity contribution in [3.8, 4) is 0 Å². The van der Waals surface area contributed by atoms with Gasteiger partial charge in [0, 0.05) is 13.8 Å². The van der Waals surface area contributed by atoms with Crippen LogP contribution in [0.1, 0.15) is 13.8 Å². The molecule has 2 amide bonds. The lowest BCUT2D eigenvalue weighted by atomic mass is 9.95. The fourth-order valence-corrected chi connectivity index (χ4v) is 4.76. The van der Waals surface area contributed by atoms with E-state index in [1.807, 2.05) is 0 Å². The van der Waals surface area contributed by atoms with Gasteiger partial charge in [-0.05, 0) is 0 Å². The van der Waals surface area contributed by atoms with Gasteiger partial charge in [-0.2, -0.15) is 0 Å². The molecular formula is C22H38N2O16. The van der Waals surface area contributed by atoms with Crippen molar-refractivity contribution in [2.24, 2.45) is 0 Å². The van der Waals surface area contributed by atoms with Crippen molar-refractivity contribution < 1.29 is 79.2 Å². The Morgan fingerprint density at radius 2 is 1.12 bits per heavy atom. The number of hydrogen-bond donors (Lipinski definition) is 11. The molecule has 0 bridgehead atoms. The van der Waals surface area contributed by atoms with E-state index >= 15 is 0 Å². The van der Waals surface area contributed by atoms with Gasteiger partial charge in [0.15, 0.2) is 18.9 Å². The Kier molecular flexibility index (Phi) is 11.5. The maximum atomic E-state index is 11.7. The Hall–Kier alpha value is -1.62. The molecule has 0 radical (unpaired) electrons. The van der Waals surface area contributed by atoms with Crippen molar-refractivity contribution in [3.63, 3.8) is 0 Å². The number of ether oxygens (including phenoxy) is 5. The van der Waals surface area contributed by atoms with Crippen LogP contribution in [0.15, 0.2) is 0 Å². The van der Waals surface area contributed by atoms with E-state index in [4.69, 9.17) is 23.7 Å². The fourth-order valence-electron chi connectivity index (χ4n) is 4.76. The van der Waals surface area contributed by atoms with E-state index in [-0.39, 0.29) is 0 Å². The molecule has 3 rings (SSSR count). The highest BCUT2D eigenvalue weighted by atomic mass is 16.7. The third kappa shape index (κ3) is 7.23. The van der Waals surface area contributed by atoms with Crippen LogP contribution in [0.4, 0.5) is 0 Å². The molecule has 3 heterocycles. The molecule has 232 valence electrons. The summed E-state index contributed by atoms with van der Waals surface area (Å²) in [6, 6.07) is -2.72. The lowest BCUT2D eigenvalue weighted by Crippen LogP contribution is -2.68. The quantitative estimate of drug-likeness (QED) is 0.120. The predicted octanol–water partition coefficient (Wildman–Crippen LogP) is -7.29. The fraction of sp³-hybridized carbons (Fsp3) is 0.909. The van der Waals surface area contributed by atoms with Gasteiger partial charge in [-0.15, -0.1) is 0 Å². The number of rotatable bonds is 9. The number of amides is 2. The third-order valence-corrected chi connectivity index (χ3v) is 6.88. The minimum Gasteiger partial charge on any atom is -0.394 e. The Labute approximate surface area is 228 Å². The molecule has 40 heavy (non-hydrogen) atoms. The molecule has 3 aliphatic heterocycles. The first kappa shape index (κ1) is 32.9. The Balaban J connectivity index is 1.75. The molecule has 1 unspecified atom stereocenters. The number of carbonyl (C=O) groups excluding carboxylic acids is 2. The second-order valence-electron chi connectivity index (χ2n) is 9.85. The number of nitrogens with one attached hydrogen (secondary N) is 2. The van der Waals surface area contributed by atoms with Gasteiger partial charge in [-0.25, -0.2) is 0 Å². The molecule has 18 nitrogen and oxygen atoms in total. The first-order valence-corrected chi connectivity index (χ1v) is 12.6. The lowest BCUT2D eigenvalue weighted by Gasteiger charge is -2.47. The van der Waals surface area contributed by atoms with Gasteiger partial charge in [0.2, 0.25) is 11.8 Å². The van der Waals surface area contributed by atoms with Crippen LogP contribution in [0.2, 0.25) is 0 Å². The molecule has 18 heteroatoms. The van der Waals surface area contributed by atoms with Crippen molar-refractivity contribution in [1.29, 1.82) is 0 Å². The summed E-state index contributed by atoms with van der Waals surface area (Å²) in [6.07, 6.45) is -21.0. The summed E-state index contributed by atoms with van der Waals surface area (Å²) in [5.41, 5.74) is 0. The van der Waals surface area contributed by atoms with E-state index in [2.05, 4.69) is 10.6 Å². The molecule has 0 aromatic rings. The SMILES string of the molecule is CC(=O)N[C@H]1[C@H](OC[C@H]2OC(O)[C@H](O)[C@@H](O[C@@H]3O[C@H](CO)[C@@H](O)[C@H](O)[C@H]3NC(C)=O)[C@H]2O)O[C@H](CO)[C@@H](O)[C@@H]1O. The molecule has 15 atom stereocenters. The van der Waals surface area contributed by atoms with Crippen LogP contribution in [-0.2, 0) is 33.3 Å². The third-order valence-electron chi connectivity index (χ3n) is 6.88. The summed E-state index contributed by atoms with van der Waals surface area (Å²) in [4.78, 5) is 23.3. The average Bonchev–Trinajstić information content (AvgIpc) is 2.90. The zero-order valence-corrected chi connectivity index (χ0v) is 21.7. The molecule has 0 saturated carbocycles. The van der Waals surface area contributed by atoms with E-state index in [1.165, 1.54) is 0 Å². The van der Waals surface area contributed by atoms with Gasteiger partial charge in [0.05, 0.1) is 19.8 Å². The van der Waals surface area contributed by atoms with Crippen molar-refractivity contribution in [3.05, 3.63) is 0 Å². The maximum absolute atomic E-state index is 11.7. The molecule has 3 fully saturated rings. The average molecular weight is 587 g/mol. The minimum absolute atomic E-state index is 0.603. The van der Waals surface area contributed by atoms with Crippen LogP contribution in [0.3, 0.4) is 0 Å². The molecule has 3 aliphatic rings. The topological polar surface area (TPSA) is 286 Å². The van der Waals surface area contributed by atoms with Crippen molar-refractivity contribution in [2.75, 3.05) is 19.8 Å². The highest BCUT2D eigenvalue weighted by Crippen LogP contribution is 2.30. The molecule has 0 aromatic heterocycles. The van der Waals surface area contributed by atoms with E-state index in [0.29, 0.717) is 0 Å². The summed E-state index contributed by atoms with van der Waals surface area (Å²) in [5.74, 6) is -1.25. The van der Waals surface area contributed by atoms with E-state index < -0.39 is 124 Å². The van der Waals surface area contributed by atoms with Gasteiger partial charge in [-0.3, -0.25) is 9.59 Å². The molecule has 11 N–H and O–H groups in total. The molecule has 0 spiro atoms. The highest BCUT2D eigenvalue weighted by molar-refractivity contribution is 5.73. The summed E-state index contributed by atoms with van der Waals surface area (Å²) in [7, 11) is 0. The summed E-state index contributed by atoms with van der Waals surface area (Å²) in [5, 5.41) is 96.5. The van der Waals surface area contributed by atoms with Gasteiger partial charge >= 0.3 is 0 Å². The zero-order chi connectivity index (χ0) is 29.9. The maximum Gasteiger partial charge on any atom is 0.217 e. The molecule has 0 aromatic carbocycles. The Morgan fingerprint density at radius 3 is 1.60 bits per heavy atom. The van der Waals surface area contributed by atoms with Gasteiger partial charge < -0.3 is 80.3 Å². The zero-order valence-electron chi connectivity index (χ0n) is 21.7. The van der Waals surface area contributed by atoms with Gasteiger partial charge in [-0.1, -0.05) is 0 Å². The largest absolute Gasteiger partial charge is 0.394 e. The summed E-state index contributed by atoms with van der Waals surface area (Å²) >= 11 is 0. The number of hydrogen-bond acceptors (Lipinski definition) is 16. The van der Waals surface area contributed by atoms with E-state index in [0.717, 1.165) is 13.8 Å². The number of aliphatic hydroxyl groups excluding tert-OH is 9. The van der Waals surface area contributed by atoms with Crippen LogP contribution in [-0.4, -0.2) is 170 Å². The van der Waals surface area contributed by atoms with Crippen LogP contribution in [0.5, 0.6) is 0 Å². The van der Waals surface area contributed by atoms with Gasteiger partial charge in [0.25, 0.3) is 0 Å². The van der Waals surface area contributed by atoms with E-state index in [9.17, 15) is 55.5 Å². The van der Waals surface area contributed by atoms with Crippen LogP contribution < -0.4 is 10.6 Å². The Morgan fingerprint density at radius 1 is 0.650 bits per heavy atom. The predicted molar refractivity (Wildman–Crippen MR) is 124 cm³/mol. The standard InChI is InChI=1S/C22H38N2O16/c1-6(27)23-11-16(32)13(29)8(3-25)38-21(11)36-5-10-15(31)19(18(34)20(35)37-10)40-22-12(24-7(2)28)17(33)14(30)9(4-26)39-22/h8-22,25-26,29-35H,3-5H2,1-2H3,(H,23,27)(H,24,28)/t8-,9-,10-,11-,12-,13-,14-,15+,16-,17-,18-,19+,20?,21-,22+/m1/s1. The van der Waals surface area contributed by atoms with Gasteiger partial charge in [0.1, 0.15) is 73.1 Å². The smallest absolute Gasteiger partial charge is 0.217 e. The van der Waals surface area contributed by atoms with Crippen LogP contribution in [0.25, 0.3) is 0 Å². The first-order valence-electron chi connectivity index (χ1n) is 12.6. The summed E-state index contributed by atoms with van der Waals surface area (Å²) in [6.45, 7) is 0.187. The second-order valence-corrected chi connectivity index (χ2v) is 9.85. The molecular weight excluding hydrogens is 548 g/mol. The minimum atomic E-state index is -1.95. The highest BCUT2D eigenvalue weighted by Gasteiger charge is 2.52. The molecule has 0 aliphatic carbocycles. The normalized spacial score (nSPS) is 46.0. The number of carbonyl (C=O) groups is 2. The van der Waals surface area contributed by atoms with Crippen molar-refractivity contribution in [1.82, 2.24) is 10.6 Å². The lowest BCUT2D eigenvalue weighted by molar-refractivity contribution is -0.348. The molecule has 3 saturated heterocycles. The van der Waals surface area contributed by atoms with Crippen LogP contribution >= 0.6 is 0 Å². The Bertz CT molecular complexity index is 854. The number of aliphatic hydroxyl groups is 9. The monoisotopic (exact) mass is 586 g/mol. The summed E-state index contributed by atoms with van der Waals surface area (Å²) < 4.78 is 27.3. The second kappa shape index (κ2) is 14.0. The van der Waals surface area contributed by atoms with Crippen molar-refractivity contribution >= 4 is 11.8 Å². The van der Waals surface area contributed by atoms with E-state index in [1.54, 1.807) is 0 Å². The van der Waals surface area contributed by atoms with Crippen LogP contribution in [0, 0.1) is 0 Å².